The fourth-order valence-electron chi connectivity index (χ4n) is 3.18. The maximum atomic E-state index is 13.6. The summed E-state index contributed by atoms with van der Waals surface area (Å²) in [5, 5.41) is 0. The van der Waals surface area contributed by atoms with Gasteiger partial charge >= 0.3 is 6.01 Å². The minimum atomic E-state index is -0.637. The van der Waals surface area contributed by atoms with Gasteiger partial charge in [0.2, 0.25) is 5.89 Å². The number of benzene rings is 1. The molecule has 3 heterocycles. The number of fused-ring (bicyclic) bond motifs is 1. The zero-order valence-electron chi connectivity index (χ0n) is 16.8. The maximum Gasteiger partial charge on any atom is 0.323 e. The van der Waals surface area contributed by atoms with Gasteiger partial charge in [0.1, 0.15) is 18.5 Å². The standard InChI is InChI=1S/C21H22FN3O5/c1-21(2)28-11-15(30-21)10-27-20-24-18(26-9-12-6-7-12)16-19(25-20)29-17(23-16)13-4-3-5-14(22)8-13/h3-5,8,12,15H,6-7,9-11H2,1-2H3. The highest BCUT2D eigenvalue weighted by Crippen LogP contribution is 2.33. The second kappa shape index (κ2) is 7.48. The van der Waals surface area contributed by atoms with Crippen molar-refractivity contribution in [1.29, 1.82) is 0 Å². The largest absolute Gasteiger partial charge is 0.476 e. The van der Waals surface area contributed by atoms with E-state index in [1.807, 2.05) is 13.8 Å². The monoisotopic (exact) mass is 415 g/mol. The van der Waals surface area contributed by atoms with Crippen LogP contribution in [0.3, 0.4) is 0 Å². The van der Waals surface area contributed by atoms with Crippen LogP contribution in [-0.4, -0.2) is 46.7 Å². The van der Waals surface area contributed by atoms with Crippen LogP contribution in [-0.2, 0) is 9.47 Å². The quantitative estimate of drug-likeness (QED) is 0.577. The van der Waals surface area contributed by atoms with Gasteiger partial charge in [0.25, 0.3) is 11.6 Å². The summed E-state index contributed by atoms with van der Waals surface area (Å²) in [5.41, 5.74) is 1.10. The molecule has 3 aromatic rings. The van der Waals surface area contributed by atoms with E-state index in [0.717, 1.165) is 12.8 Å². The number of hydrogen-bond donors (Lipinski definition) is 0. The number of ether oxygens (including phenoxy) is 4. The fraction of sp³-hybridized carbons (Fsp3) is 0.476. The fourth-order valence-corrected chi connectivity index (χ4v) is 3.18. The molecule has 30 heavy (non-hydrogen) atoms. The van der Waals surface area contributed by atoms with Crippen molar-refractivity contribution in [3.8, 4) is 23.3 Å². The molecule has 1 saturated heterocycles. The van der Waals surface area contributed by atoms with E-state index in [1.165, 1.54) is 12.1 Å². The summed E-state index contributed by atoms with van der Waals surface area (Å²) in [7, 11) is 0. The van der Waals surface area contributed by atoms with Crippen molar-refractivity contribution in [2.45, 2.75) is 38.6 Å². The van der Waals surface area contributed by atoms with E-state index in [-0.39, 0.29) is 42.0 Å². The average Bonchev–Trinajstić information content (AvgIpc) is 3.33. The Labute approximate surface area is 172 Å². The van der Waals surface area contributed by atoms with E-state index in [0.29, 0.717) is 30.2 Å². The molecule has 0 bridgehead atoms. The predicted molar refractivity (Wildman–Crippen MR) is 104 cm³/mol. The first-order valence-electron chi connectivity index (χ1n) is 9.97. The Hall–Kier alpha value is -2.78. The normalized spacial score (nSPS) is 20.6. The smallest absolute Gasteiger partial charge is 0.323 e. The SMILES string of the molecule is CC1(C)OCC(COc2nc(OCC3CC3)c3nc(-c4cccc(F)c4)oc3n2)O1. The van der Waals surface area contributed by atoms with Crippen LogP contribution in [0.2, 0.25) is 0 Å². The van der Waals surface area contributed by atoms with Crippen molar-refractivity contribution >= 4 is 11.2 Å². The summed E-state index contributed by atoms with van der Waals surface area (Å²) in [6, 6.07) is 6.11. The molecule has 2 aromatic heterocycles. The Kier molecular flexibility index (Phi) is 4.79. The van der Waals surface area contributed by atoms with E-state index < -0.39 is 5.79 Å². The molecule has 0 radical (unpaired) electrons. The minimum Gasteiger partial charge on any atom is -0.476 e. The molecule has 0 amide bonds. The third kappa shape index (κ3) is 4.22. The van der Waals surface area contributed by atoms with Gasteiger partial charge in [0, 0.05) is 5.56 Å². The van der Waals surface area contributed by atoms with E-state index in [9.17, 15) is 4.39 Å². The van der Waals surface area contributed by atoms with Gasteiger partial charge in [-0.3, -0.25) is 0 Å². The zero-order chi connectivity index (χ0) is 20.7. The number of rotatable bonds is 7. The first-order chi connectivity index (χ1) is 14.4. The van der Waals surface area contributed by atoms with Crippen LogP contribution in [0.5, 0.6) is 11.9 Å². The van der Waals surface area contributed by atoms with Crippen LogP contribution in [0.25, 0.3) is 22.7 Å². The van der Waals surface area contributed by atoms with Gasteiger partial charge in [0.05, 0.1) is 13.2 Å². The Bertz CT molecular complexity index is 1070. The molecule has 1 atom stereocenters. The molecule has 1 aliphatic carbocycles. The first kappa shape index (κ1) is 19.2. The molecule has 9 heteroatoms. The second-order valence-electron chi connectivity index (χ2n) is 8.01. The van der Waals surface area contributed by atoms with Crippen molar-refractivity contribution < 1.29 is 27.8 Å². The molecule has 5 rings (SSSR count). The lowest BCUT2D eigenvalue weighted by Crippen LogP contribution is -2.25. The summed E-state index contributed by atoms with van der Waals surface area (Å²) < 4.78 is 42.3. The Morgan fingerprint density at radius 1 is 1.13 bits per heavy atom. The van der Waals surface area contributed by atoms with E-state index in [4.69, 9.17) is 23.4 Å². The summed E-state index contributed by atoms with van der Waals surface area (Å²) in [4.78, 5) is 13.1. The van der Waals surface area contributed by atoms with Gasteiger partial charge in [-0.1, -0.05) is 6.07 Å². The zero-order valence-corrected chi connectivity index (χ0v) is 16.8. The van der Waals surface area contributed by atoms with Crippen LogP contribution in [0.15, 0.2) is 28.7 Å². The molecule has 1 saturated carbocycles. The van der Waals surface area contributed by atoms with Gasteiger partial charge in [-0.05, 0) is 50.8 Å². The van der Waals surface area contributed by atoms with Crippen LogP contribution < -0.4 is 9.47 Å². The average molecular weight is 415 g/mol. The molecule has 158 valence electrons. The van der Waals surface area contributed by atoms with Crippen LogP contribution in [0, 0.1) is 11.7 Å². The molecule has 1 aromatic carbocycles. The third-order valence-corrected chi connectivity index (χ3v) is 4.90. The highest BCUT2D eigenvalue weighted by molar-refractivity contribution is 5.77. The summed E-state index contributed by atoms with van der Waals surface area (Å²) in [6.07, 6.45) is 2.05. The lowest BCUT2D eigenvalue weighted by molar-refractivity contribution is -0.141. The van der Waals surface area contributed by atoms with Gasteiger partial charge < -0.3 is 23.4 Å². The summed E-state index contributed by atoms with van der Waals surface area (Å²) in [5.74, 6) is 0.0399. The van der Waals surface area contributed by atoms with Crippen molar-refractivity contribution in [2.24, 2.45) is 5.92 Å². The van der Waals surface area contributed by atoms with Crippen molar-refractivity contribution in [3.05, 3.63) is 30.1 Å². The molecule has 0 N–H and O–H groups in total. The van der Waals surface area contributed by atoms with Gasteiger partial charge in [-0.2, -0.15) is 9.97 Å². The minimum absolute atomic E-state index is 0.101. The number of nitrogens with zero attached hydrogens (tertiary/aromatic N) is 3. The topological polar surface area (TPSA) is 88.7 Å². The second-order valence-corrected chi connectivity index (χ2v) is 8.01. The highest BCUT2D eigenvalue weighted by atomic mass is 19.1. The Balaban J connectivity index is 1.42. The maximum absolute atomic E-state index is 13.6. The number of oxazole rings is 1. The molecule has 8 nitrogen and oxygen atoms in total. The molecular formula is C21H22FN3O5. The van der Waals surface area contributed by atoms with E-state index in [1.54, 1.807) is 12.1 Å². The number of aromatic nitrogens is 3. The molecule has 1 aliphatic heterocycles. The third-order valence-electron chi connectivity index (χ3n) is 4.90. The molecule has 1 unspecified atom stereocenters. The van der Waals surface area contributed by atoms with Crippen LogP contribution >= 0.6 is 0 Å². The summed E-state index contributed by atoms with van der Waals surface area (Å²) in [6.45, 7) is 4.89. The summed E-state index contributed by atoms with van der Waals surface area (Å²) >= 11 is 0. The Morgan fingerprint density at radius 3 is 2.73 bits per heavy atom. The lowest BCUT2D eigenvalue weighted by Gasteiger charge is -2.17. The number of halogens is 1. The van der Waals surface area contributed by atoms with Crippen molar-refractivity contribution in [2.75, 3.05) is 19.8 Å². The first-order valence-corrected chi connectivity index (χ1v) is 9.97. The van der Waals surface area contributed by atoms with E-state index >= 15 is 0 Å². The molecular weight excluding hydrogens is 393 g/mol. The molecule has 2 fully saturated rings. The van der Waals surface area contributed by atoms with Crippen LogP contribution in [0.4, 0.5) is 4.39 Å². The Morgan fingerprint density at radius 2 is 2.00 bits per heavy atom. The van der Waals surface area contributed by atoms with Gasteiger partial charge in [-0.15, -0.1) is 0 Å². The number of hydrogen-bond acceptors (Lipinski definition) is 8. The van der Waals surface area contributed by atoms with E-state index in [2.05, 4.69) is 15.0 Å². The lowest BCUT2D eigenvalue weighted by atomic mass is 10.2. The van der Waals surface area contributed by atoms with Gasteiger partial charge in [0.15, 0.2) is 11.3 Å². The van der Waals surface area contributed by atoms with Crippen LogP contribution in [0.1, 0.15) is 26.7 Å². The van der Waals surface area contributed by atoms with Crippen molar-refractivity contribution in [3.63, 3.8) is 0 Å². The molecule has 2 aliphatic rings. The van der Waals surface area contributed by atoms with Crippen molar-refractivity contribution in [1.82, 2.24) is 15.0 Å². The predicted octanol–water partition coefficient (Wildman–Crippen LogP) is 3.74. The van der Waals surface area contributed by atoms with Gasteiger partial charge in [-0.25, -0.2) is 9.37 Å². The molecule has 0 spiro atoms. The highest BCUT2D eigenvalue weighted by Gasteiger charge is 2.33.